The van der Waals surface area contributed by atoms with Crippen LogP contribution in [0.4, 0.5) is 4.79 Å². The number of hydrogen-bond acceptors (Lipinski definition) is 6. The van der Waals surface area contributed by atoms with E-state index < -0.39 is 17.6 Å². The van der Waals surface area contributed by atoms with E-state index in [1.165, 1.54) is 16.7 Å². The number of alkyl carbamates (subject to hydrolysis) is 1. The van der Waals surface area contributed by atoms with Crippen LogP contribution in [0, 0.1) is 0 Å². The molecule has 0 aliphatic heterocycles. The zero-order chi connectivity index (χ0) is 24.3. The quantitative estimate of drug-likeness (QED) is 0.452. The number of benzene rings is 2. The van der Waals surface area contributed by atoms with Crippen molar-refractivity contribution in [2.24, 2.45) is 0 Å². The summed E-state index contributed by atoms with van der Waals surface area (Å²) in [7, 11) is 0. The van der Waals surface area contributed by atoms with Crippen molar-refractivity contribution in [2.45, 2.75) is 31.7 Å². The highest BCUT2D eigenvalue weighted by atomic mass is 32.1. The normalized spacial score (nSPS) is 12.5. The van der Waals surface area contributed by atoms with E-state index >= 15 is 0 Å². The van der Waals surface area contributed by atoms with Gasteiger partial charge >= 0.3 is 12.1 Å². The molecule has 8 nitrogen and oxygen atoms in total. The van der Waals surface area contributed by atoms with Crippen molar-refractivity contribution in [2.75, 3.05) is 13.2 Å². The molecule has 3 N–H and O–H groups in total. The number of carbonyl (C=O) groups is 3. The Balaban J connectivity index is 1.30. The van der Waals surface area contributed by atoms with Crippen LogP contribution in [-0.2, 0) is 16.0 Å². The number of carboxylic acids is 1. The molecule has 34 heavy (non-hydrogen) atoms. The Labute approximate surface area is 201 Å². The third-order valence-corrected chi connectivity index (χ3v) is 6.63. The van der Waals surface area contributed by atoms with Crippen LogP contribution in [-0.4, -0.2) is 46.8 Å². The second-order valence-electron chi connectivity index (χ2n) is 8.51. The molecule has 1 heterocycles. The lowest BCUT2D eigenvalue weighted by Crippen LogP contribution is -2.55. The monoisotopic (exact) mass is 479 g/mol. The Kier molecular flexibility index (Phi) is 6.65. The molecule has 3 aromatic rings. The minimum absolute atomic E-state index is 0.0106. The maximum atomic E-state index is 12.6. The molecule has 1 aromatic heterocycles. The number of amides is 2. The maximum absolute atomic E-state index is 12.6. The van der Waals surface area contributed by atoms with E-state index in [0.717, 1.165) is 22.3 Å². The average Bonchev–Trinajstić information content (AvgIpc) is 3.40. The van der Waals surface area contributed by atoms with Gasteiger partial charge in [-0.2, -0.15) is 0 Å². The summed E-state index contributed by atoms with van der Waals surface area (Å²) in [6, 6.07) is 16.1. The number of ether oxygens (including phenoxy) is 1. The fraction of sp³-hybridized carbons (Fsp3) is 0.280. The van der Waals surface area contributed by atoms with Crippen molar-refractivity contribution in [3.8, 4) is 11.1 Å². The molecule has 0 saturated carbocycles. The van der Waals surface area contributed by atoms with Gasteiger partial charge in [-0.15, -0.1) is 11.3 Å². The van der Waals surface area contributed by atoms with E-state index in [2.05, 4.69) is 27.8 Å². The number of fused-ring (bicyclic) bond motifs is 3. The third kappa shape index (κ3) is 4.94. The van der Waals surface area contributed by atoms with Gasteiger partial charge in [0.1, 0.15) is 12.1 Å². The van der Waals surface area contributed by atoms with Crippen molar-refractivity contribution in [1.29, 1.82) is 0 Å². The first-order valence-electron chi connectivity index (χ1n) is 10.9. The molecule has 0 atom stereocenters. The summed E-state index contributed by atoms with van der Waals surface area (Å²) < 4.78 is 5.53. The molecule has 1 aliphatic carbocycles. The van der Waals surface area contributed by atoms with Crippen molar-refractivity contribution < 1.29 is 24.2 Å². The van der Waals surface area contributed by atoms with Crippen LogP contribution in [0.15, 0.2) is 53.9 Å². The van der Waals surface area contributed by atoms with Crippen molar-refractivity contribution in [3.05, 3.63) is 75.7 Å². The SMILES string of the molecule is CC(C)(NC(=O)OCC1c2ccccc2-c2ccccc21)C(=O)NCCc1nc(C(=O)O)cs1. The van der Waals surface area contributed by atoms with Crippen LogP contribution in [0.5, 0.6) is 0 Å². The summed E-state index contributed by atoms with van der Waals surface area (Å²) >= 11 is 1.22. The number of nitrogens with zero attached hydrogens (tertiary/aromatic N) is 1. The van der Waals surface area contributed by atoms with E-state index in [1.807, 2.05) is 36.4 Å². The Morgan fingerprint density at radius 2 is 1.68 bits per heavy atom. The molecular weight excluding hydrogens is 454 g/mol. The molecule has 0 fully saturated rings. The molecule has 176 valence electrons. The number of thiazole rings is 1. The van der Waals surface area contributed by atoms with Gasteiger partial charge in [-0.25, -0.2) is 14.6 Å². The maximum Gasteiger partial charge on any atom is 0.408 e. The highest BCUT2D eigenvalue weighted by Gasteiger charge is 2.32. The molecule has 0 radical (unpaired) electrons. The zero-order valence-corrected chi connectivity index (χ0v) is 19.6. The Bertz CT molecular complexity index is 1190. The van der Waals surface area contributed by atoms with Crippen molar-refractivity contribution in [3.63, 3.8) is 0 Å². The molecule has 2 amide bonds. The predicted octanol–water partition coefficient (Wildman–Crippen LogP) is 3.82. The average molecular weight is 480 g/mol. The smallest absolute Gasteiger partial charge is 0.408 e. The molecule has 1 aliphatic rings. The first-order chi connectivity index (χ1) is 16.3. The summed E-state index contributed by atoms with van der Waals surface area (Å²) in [5, 5.41) is 16.4. The topological polar surface area (TPSA) is 118 Å². The fourth-order valence-corrected chi connectivity index (χ4v) is 4.75. The minimum Gasteiger partial charge on any atom is -0.476 e. The summed E-state index contributed by atoms with van der Waals surface area (Å²) in [4.78, 5) is 40.0. The molecule has 4 rings (SSSR count). The van der Waals surface area contributed by atoms with E-state index in [4.69, 9.17) is 9.84 Å². The second kappa shape index (κ2) is 9.64. The van der Waals surface area contributed by atoms with Gasteiger partial charge in [0.2, 0.25) is 5.91 Å². The van der Waals surface area contributed by atoms with Gasteiger partial charge in [-0.3, -0.25) is 4.79 Å². The number of rotatable bonds is 8. The minimum atomic E-state index is -1.20. The van der Waals surface area contributed by atoms with E-state index in [1.54, 1.807) is 13.8 Å². The van der Waals surface area contributed by atoms with Crippen molar-refractivity contribution >= 4 is 29.3 Å². The van der Waals surface area contributed by atoms with Crippen molar-refractivity contribution in [1.82, 2.24) is 15.6 Å². The standard InChI is InChI=1S/C25H25N3O5S/c1-25(2,23(31)26-12-11-21-27-20(14-34-21)22(29)30)28-24(32)33-13-19-17-9-5-3-7-15(17)16-8-4-6-10-18(16)19/h3-10,14,19H,11-13H2,1-2H3,(H,26,31)(H,28,32)(H,29,30). The predicted molar refractivity (Wildman–Crippen MR) is 128 cm³/mol. The van der Waals surface area contributed by atoms with Gasteiger partial charge in [-0.1, -0.05) is 48.5 Å². The van der Waals surface area contributed by atoms with Crippen LogP contribution in [0.25, 0.3) is 11.1 Å². The lowest BCUT2D eigenvalue weighted by atomic mass is 9.98. The first-order valence-corrected chi connectivity index (χ1v) is 11.7. The summed E-state index contributed by atoms with van der Waals surface area (Å²) in [6.45, 7) is 3.61. The van der Waals surface area contributed by atoms with E-state index in [9.17, 15) is 14.4 Å². The summed E-state index contributed by atoms with van der Waals surface area (Å²) in [5.41, 5.74) is 3.30. The number of carbonyl (C=O) groups excluding carboxylic acids is 2. The molecule has 9 heteroatoms. The lowest BCUT2D eigenvalue weighted by Gasteiger charge is -2.25. The number of aromatic nitrogens is 1. The van der Waals surface area contributed by atoms with Gasteiger partial charge < -0.3 is 20.5 Å². The van der Waals surface area contributed by atoms with E-state index in [-0.39, 0.29) is 30.7 Å². The second-order valence-corrected chi connectivity index (χ2v) is 9.46. The van der Waals surface area contributed by atoms with Crippen LogP contribution in [0.2, 0.25) is 0 Å². The molecule has 2 aromatic carbocycles. The van der Waals surface area contributed by atoms with Gasteiger partial charge in [0.05, 0.1) is 5.01 Å². The number of hydrogen-bond donors (Lipinski definition) is 3. The highest BCUT2D eigenvalue weighted by molar-refractivity contribution is 7.09. The van der Waals surface area contributed by atoms with Gasteiger partial charge in [0.15, 0.2) is 5.69 Å². The number of aromatic carboxylic acids is 1. The molecular formula is C25H25N3O5S. The third-order valence-electron chi connectivity index (χ3n) is 5.72. The highest BCUT2D eigenvalue weighted by Crippen LogP contribution is 2.44. The summed E-state index contributed by atoms with van der Waals surface area (Å²) in [6.07, 6.45) is -0.280. The molecule has 0 saturated heterocycles. The molecule has 0 bridgehead atoms. The van der Waals surface area contributed by atoms with Crippen LogP contribution >= 0.6 is 11.3 Å². The molecule has 0 spiro atoms. The van der Waals surface area contributed by atoms with Crippen LogP contribution in [0.3, 0.4) is 0 Å². The van der Waals surface area contributed by atoms with Gasteiger partial charge in [-0.05, 0) is 36.1 Å². The lowest BCUT2D eigenvalue weighted by molar-refractivity contribution is -0.126. The Morgan fingerprint density at radius 1 is 1.06 bits per heavy atom. The van der Waals surface area contributed by atoms with Gasteiger partial charge in [0, 0.05) is 24.3 Å². The number of nitrogens with one attached hydrogen (secondary N) is 2. The first kappa shape index (κ1) is 23.4. The van der Waals surface area contributed by atoms with E-state index in [0.29, 0.717) is 11.4 Å². The van der Waals surface area contributed by atoms with Crippen LogP contribution in [0.1, 0.15) is 46.4 Å². The summed E-state index contributed by atoms with van der Waals surface area (Å²) in [5.74, 6) is -1.53. The Hall–Kier alpha value is -3.72. The largest absolute Gasteiger partial charge is 0.476 e. The van der Waals surface area contributed by atoms with Gasteiger partial charge in [0.25, 0.3) is 0 Å². The molecule has 0 unspecified atom stereocenters. The van der Waals surface area contributed by atoms with Crippen LogP contribution < -0.4 is 10.6 Å². The zero-order valence-electron chi connectivity index (χ0n) is 18.8. The fourth-order valence-electron chi connectivity index (χ4n) is 3.97. The number of carboxylic acid groups (broad SMARTS) is 1. The Morgan fingerprint density at radius 3 is 2.26 bits per heavy atom.